The Morgan fingerprint density at radius 1 is 1.05 bits per heavy atom. The Bertz CT molecular complexity index is 636. The van der Waals surface area contributed by atoms with Crippen molar-refractivity contribution >= 4 is 11.5 Å². The Balaban J connectivity index is 2.56. The molecule has 2 nitrogen and oxygen atoms in total. The molecule has 0 unspecified atom stereocenters. The molecular formula is C16H14F3NO. The lowest BCUT2D eigenvalue weighted by molar-refractivity contribution is -0.136. The molecule has 2 aromatic rings. The fraction of sp³-hybridized carbons (Fsp3) is 0.188. The second-order valence-corrected chi connectivity index (χ2v) is 4.45. The normalized spacial score (nSPS) is 11.2. The van der Waals surface area contributed by atoms with Crippen molar-refractivity contribution in [1.29, 1.82) is 0 Å². The molecule has 2 aromatic carbocycles. The van der Waals surface area contributed by atoms with Crippen molar-refractivity contribution in [3.8, 4) is 0 Å². The first-order valence-electron chi connectivity index (χ1n) is 6.49. The molecule has 2 rings (SSSR count). The van der Waals surface area contributed by atoms with Crippen molar-refractivity contribution in [3.05, 3.63) is 65.2 Å². The van der Waals surface area contributed by atoms with E-state index in [1.54, 1.807) is 37.3 Å². The molecule has 0 heterocycles. The number of hydrogen-bond acceptors (Lipinski definition) is 2. The molecule has 0 aliphatic rings. The first kappa shape index (κ1) is 15.1. The number of halogens is 3. The lowest BCUT2D eigenvalue weighted by Gasteiger charge is -2.17. The predicted molar refractivity (Wildman–Crippen MR) is 75.5 cm³/mol. The van der Waals surface area contributed by atoms with Crippen molar-refractivity contribution in [2.24, 2.45) is 0 Å². The summed E-state index contributed by atoms with van der Waals surface area (Å²) in [5.74, 6) is -0.433. The summed E-state index contributed by atoms with van der Waals surface area (Å²) in [6.07, 6.45) is -4.51. The number of carbonyl (C=O) groups excluding carboxylic acids is 1. The van der Waals surface area contributed by atoms with E-state index < -0.39 is 17.5 Å². The lowest BCUT2D eigenvalue weighted by atomic mass is 9.98. The molecule has 0 aromatic heterocycles. The number of anilines is 1. The van der Waals surface area contributed by atoms with Gasteiger partial charge in [0, 0.05) is 17.7 Å². The number of ketones is 1. The fourth-order valence-corrected chi connectivity index (χ4v) is 2.09. The van der Waals surface area contributed by atoms with Crippen LogP contribution in [0.15, 0.2) is 48.5 Å². The molecule has 0 saturated heterocycles. The summed E-state index contributed by atoms with van der Waals surface area (Å²) in [6, 6.07) is 11.9. The Morgan fingerprint density at radius 2 is 1.71 bits per heavy atom. The topological polar surface area (TPSA) is 29.1 Å². The summed E-state index contributed by atoms with van der Waals surface area (Å²) in [4.78, 5) is 12.4. The highest BCUT2D eigenvalue weighted by atomic mass is 19.4. The summed E-state index contributed by atoms with van der Waals surface area (Å²) in [5.41, 5.74) is -0.610. The van der Waals surface area contributed by atoms with Crippen LogP contribution >= 0.6 is 0 Å². The van der Waals surface area contributed by atoms with Crippen LogP contribution in [0.25, 0.3) is 0 Å². The zero-order valence-corrected chi connectivity index (χ0v) is 11.4. The van der Waals surface area contributed by atoms with E-state index in [0.29, 0.717) is 12.1 Å². The minimum absolute atomic E-state index is 0.0258. The van der Waals surface area contributed by atoms with Gasteiger partial charge in [-0.15, -0.1) is 0 Å². The SMILES string of the molecule is CCNc1c(C(=O)c2ccccc2)cccc1C(F)(F)F. The summed E-state index contributed by atoms with van der Waals surface area (Å²) in [6.45, 7) is 1.98. The lowest BCUT2D eigenvalue weighted by Crippen LogP contribution is -2.15. The molecule has 0 saturated carbocycles. The molecule has 0 aliphatic heterocycles. The first-order valence-corrected chi connectivity index (χ1v) is 6.49. The number of hydrogen-bond donors (Lipinski definition) is 1. The van der Waals surface area contributed by atoms with Crippen LogP contribution in [0.4, 0.5) is 18.9 Å². The van der Waals surface area contributed by atoms with Crippen LogP contribution in [-0.2, 0) is 6.18 Å². The molecule has 0 spiro atoms. The zero-order chi connectivity index (χ0) is 15.5. The van der Waals surface area contributed by atoms with E-state index in [1.807, 2.05) is 0 Å². The van der Waals surface area contributed by atoms with Crippen LogP contribution in [0.1, 0.15) is 28.4 Å². The van der Waals surface area contributed by atoms with E-state index in [-0.39, 0.29) is 11.3 Å². The van der Waals surface area contributed by atoms with Crippen molar-refractivity contribution in [2.75, 3.05) is 11.9 Å². The zero-order valence-electron chi connectivity index (χ0n) is 11.4. The summed E-state index contributed by atoms with van der Waals surface area (Å²) >= 11 is 0. The molecule has 0 aliphatic carbocycles. The number of rotatable bonds is 4. The van der Waals surface area contributed by atoms with Gasteiger partial charge in [0.05, 0.1) is 11.3 Å². The second kappa shape index (κ2) is 5.99. The number of carbonyl (C=O) groups is 1. The fourth-order valence-electron chi connectivity index (χ4n) is 2.09. The van der Waals surface area contributed by atoms with Crippen LogP contribution in [0.3, 0.4) is 0 Å². The van der Waals surface area contributed by atoms with Crippen LogP contribution in [0.5, 0.6) is 0 Å². The Kier molecular flexibility index (Phi) is 4.31. The molecule has 0 radical (unpaired) electrons. The number of nitrogens with one attached hydrogen (secondary N) is 1. The Hall–Kier alpha value is -2.30. The third kappa shape index (κ3) is 3.24. The Labute approximate surface area is 120 Å². The highest BCUT2D eigenvalue weighted by molar-refractivity contribution is 6.12. The average molecular weight is 293 g/mol. The molecule has 21 heavy (non-hydrogen) atoms. The molecule has 5 heteroatoms. The van der Waals surface area contributed by atoms with Gasteiger partial charge in [0.25, 0.3) is 0 Å². The number of benzene rings is 2. The van der Waals surface area contributed by atoms with Gasteiger partial charge < -0.3 is 5.32 Å². The second-order valence-electron chi connectivity index (χ2n) is 4.45. The van der Waals surface area contributed by atoms with Gasteiger partial charge in [-0.25, -0.2) is 0 Å². The summed E-state index contributed by atoms with van der Waals surface area (Å²) in [7, 11) is 0. The van der Waals surface area contributed by atoms with E-state index in [1.165, 1.54) is 12.1 Å². The van der Waals surface area contributed by atoms with Crippen LogP contribution in [0.2, 0.25) is 0 Å². The number of para-hydroxylation sites is 1. The summed E-state index contributed by atoms with van der Waals surface area (Å²) < 4.78 is 39.2. The molecule has 0 bridgehead atoms. The van der Waals surface area contributed by atoms with Gasteiger partial charge >= 0.3 is 6.18 Å². The monoisotopic (exact) mass is 293 g/mol. The van der Waals surface area contributed by atoms with Gasteiger partial charge in [-0.05, 0) is 19.1 Å². The largest absolute Gasteiger partial charge is 0.418 e. The van der Waals surface area contributed by atoms with Gasteiger partial charge in [-0.1, -0.05) is 36.4 Å². The molecule has 110 valence electrons. The van der Waals surface area contributed by atoms with E-state index in [9.17, 15) is 18.0 Å². The van der Waals surface area contributed by atoms with Gasteiger partial charge in [-0.2, -0.15) is 13.2 Å². The quantitative estimate of drug-likeness (QED) is 0.848. The van der Waals surface area contributed by atoms with Crippen LogP contribution < -0.4 is 5.32 Å². The molecule has 1 N–H and O–H groups in total. The minimum Gasteiger partial charge on any atom is -0.384 e. The highest BCUT2D eigenvalue weighted by Crippen LogP contribution is 2.37. The van der Waals surface area contributed by atoms with Gasteiger partial charge in [0.2, 0.25) is 0 Å². The van der Waals surface area contributed by atoms with E-state index in [0.717, 1.165) is 6.07 Å². The van der Waals surface area contributed by atoms with E-state index >= 15 is 0 Å². The first-order chi connectivity index (χ1) is 9.95. The maximum absolute atomic E-state index is 13.1. The van der Waals surface area contributed by atoms with Crippen molar-refractivity contribution in [3.63, 3.8) is 0 Å². The molecule has 0 amide bonds. The van der Waals surface area contributed by atoms with Gasteiger partial charge in [0.15, 0.2) is 5.78 Å². The predicted octanol–water partition coefficient (Wildman–Crippen LogP) is 4.37. The van der Waals surface area contributed by atoms with Crippen LogP contribution in [-0.4, -0.2) is 12.3 Å². The molecule has 0 atom stereocenters. The number of alkyl halides is 3. The smallest absolute Gasteiger partial charge is 0.384 e. The maximum atomic E-state index is 13.1. The van der Waals surface area contributed by atoms with E-state index in [2.05, 4.69) is 5.32 Å². The Morgan fingerprint density at radius 3 is 2.29 bits per heavy atom. The third-order valence-electron chi connectivity index (χ3n) is 3.00. The molecule has 0 fully saturated rings. The standard InChI is InChI=1S/C16H14F3NO/c1-2-20-14-12(9-6-10-13(14)16(17,18)19)15(21)11-7-4-3-5-8-11/h3-10,20H,2H2,1H3. The minimum atomic E-state index is -4.51. The van der Waals surface area contributed by atoms with Gasteiger partial charge in [-0.3, -0.25) is 4.79 Å². The van der Waals surface area contributed by atoms with Crippen molar-refractivity contribution in [2.45, 2.75) is 13.1 Å². The third-order valence-corrected chi connectivity index (χ3v) is 3.00. The average Bonchev–Trinajstić information content (AvgIpc) is 2.47. The molecular weight excluding hydrogens is 279 g/mol. The van der Waals surface area contributed by atoms with Gasteiger partial charge in [0.1, 0.15) is 0 Å². The van der Waals surface area contributed by atoms with Crippen LogP contribution in [0, 0.1) is 0 Å². The highest BCUT2D eigenvalue weighted by Gasteiger charge is 2.35. The van der Waals surface area contributed by atoms with Crippen molar-refractivity contribution in [1.82, 2.24) is 0 Å². The summed E-state index contributed by atoms with van der Waals surface area (Å²) in [5, 5.41) is 2.66. The van der Waals surface area contributed by atoms with E-state index in [4.69, 9.17) is 0 Å². The van der Waals surface area contributed by atoms with Crippen molar-refractivity contribution < 1.29 is 18.0 Å². The maximum Gasteiger partial charge on any atom is 0.418 e.